The fourth-order valence-electron chi connectivity index (χ4n) is 1.63. The predicted octanol–water partition coefficient (Wildman–Crippen LogP) is 5.10. The molecular weight excluding hydrogens is 287 g/mol. The molecule has 94 valence electrons. The van der Waals surface area contributed by atoms with Gasteiger partial charge in [-0.05, 0) is 43.2 Å². The summed E-state index contributed by atoms with van der Waals surface area (Å²) in [5.41, 5.74) is 2.05. The Morgan fingerprint density at radius 2 is 1.89 bits per heavy atom. The van der Waals surface area contributed by atoms with Gasteiger partial charge in [0.15, 0.2) is 5.78 Å². The molecule has 0 atom stereocenters. The molecular formula is C14H12Cl2OS. The molecule has 0 bridgehead atoms. The number of aryl methyl sites for hydroxylation is 2. The summed E-state index contributed by atoms with van der Waals surface area (Å²) in [6.45, 7) is 4.04. The Bertz CT molecular complexity index is 582. The second kappa shape index (κ2) is 5.43. The van der Waals surface area contributed by atoms with Crippen molar-refractivity contribution < 1.29 is 4.79 Å². The number of thiophene rings is 1. The van der Waals surface area contributed by atoms with Crippen molar-refractivity contribution in [1.29, 1.82) is 0 Å². The number of carbonyl (C=O) groups is 1. The smallest absolute Gasteiger partial charge is 0.177 e. The van der Waals surface area contributed by atoms with Crippen molar-refractivity contribution in [2.75, 3.05) is 0 Å². The molecule has 0 unspecified atom stereocenters. The lowest BCUT2D eigenvalue weighted by Gasteiger charge is -2.01. The first kappa shape index (κ1) is 13.6. The average molecular weight is 299 g/mol. The summed E-state index contributed by atoms with van der Waals surface area (Å²) in [5.74, 6) is 0.120. The third kappa shape index (κ3) is 2.94. The quantitative estimate of drug-likeness (QED) is 0.721. The van der Waals surface area contributed by atoms with Gasteiger partial charge in [0.25, 0.3) is 0 Å². The van der Waals surface area contributed by atoms with E-state index in [1.807, 2.05) is 26.0 Å². The molecule has 0 spiro atoms. The van der Waals surface area contributed by atoms with Gasteiger partial charge < -0.3 is 0 Å². The van der Waals surface area contributed by atoms with Crippen LogP contribution in [0.5, 0.6) is 0 Å². The lowest BCUT2D eigenvalue weighted by Crippen LogP contribution is -2.01. The van der Waals surface area contributed by atoms with Crippen LogP contribution in [0.15, 0.2) is 24.3 Å². The van der Waals surface area contributed by atoms with Crippen molar-refractivity contribution in [3.63, 3.8) is 0 Å². The van der Waals surface area contributed by atoms with Crippen molar-refractivity contribution in [2.24, 2.45) is 0 Å². The van der Waals surface area contributed by atoms with E-state index in [0.717, 1.165) is 16.0 Å². The lowest BCUT2D eigenvalue weighted by atomic mass is 10.1. The average Bonchev–Trinajstić information content (AvgIpc) is 2.65. The van der Waals surface area contributed by atoms with E-state index in [2.05, 4.69) is 0 Å². The van der Waals surface area contributed by atoms with E-state index < -0.39 is 0 Å². The first-order chi connectivity index (χ1) is 8.47. The van der Waals surface area contributed by atoms with Crippen LogP contribution in [-0.2, 0) is 6.42 Å². The summed E-state index contributed by atoms with van der Waals surface area (Å²) in [6, 6.07) is 7.24. The summed E-state index contributed by atoms with van der Waals surface area (Å²) in [7, 11) is 0. The van der Waals surface area contributed by atoms with Crippen LogP contribution in [0.1, 0.15) is 25.7 Å². The topological polar surface area (TPSA) is 17.1 Å². The van der Waals surface area contributed by atoms with Gasteiger partial charge in [-0.1, -0.05) is 29.3 Å². The minimum Gasteiger partial charge on any atom is -0.293 e. The Hall–Kier alpha value is -0.830. The van der Waals surface area contributed by atoms with Crippen LogP contribution in [0.2, 0.25) is 10.0 Å². The van der Waals surface area contributed by atoms with Crippen LogP contribution in [0.4, 0.5) is 0 Å². The van der Waals surface area contributed by atoms with Crippen molar-refractivity contribution in [3.8, 4) is 0 Å². The normalized spacial score (nSPS) is 10.7. The fourth-order valence-corrected chi connectivity index (χ4v) is 2.92. The third-order valence-electron chi connectivity index (χ3n) is 2.79. The standard InChI is InChI=1S/C14H12Cl2OS/c1-8-5-14(18-9(8)2)13(17)7-10-3-4-11(15)12(16)6-10/h3-6H,7H2,1-2H3. The van der Waals surface area contributed by atoms with E-state index in [4.69, 9.17) is 23.2 Å². The minimum absolute atomic E-state index is 0.120. The Labute approximate surface area is 120 Å². The SMILES string of the molecule is Cc1cc(C(=O)Cc2ccc(Cl)c(Cl)c2)sc1C. The first-order valence-electron chi connectivity index (χ1n) is 5.51. The van der Waals surface area contributed by atoms with Crippen molar-refractivity contribution in [1.82, 2.24) is 0 Å². The highest BCUT2D eigenvalue weighted by atomic mass is 35.5. The van der Waals surface area contributed by atoms with Gasteiger partial charge in [-0.25, -0.2) is 0 Å². The minimum atomic E-state index is 0.120. The highest BCUT2D eigenvalue weighted by Crippen LogP contribution is 2.25. The Morgan fingerprint density at radius 1 is 1.17 bits per heavy atom. The van der Waals surface area contributed by atoms with E-state index >= 15 is 0 Å². The number of benzene rings is 1. The third-order valence-corrected chi connectivity index (χ3v) is 4.72. The molecule has 0 saturated heterocycles. The lowest BCUT2D eigenvalue weighted by molar-refractivity contribution is 0.0997. The summed E-state index contributed by atoms with van der Waals surface area (Å²) >= 11 is 13.3. The molecule has 0 N–H and O–H groups in total. The molecule has 0 amide bonds. The summed E-state index contributed by atoms with van der Waals surface area (Å²) in [6.07, 6.45) is 0.357. The summed E-state index contributed by atoms with van der Waals surface area (Å²) in [5, 5.41) is 0.996. The molecule has 0 saturated carbocycles. The highest BCUT2D eigenvalue weighted by molar-refractivity contribution is 7.14. The first-order valence-corrected chi connectivity index (χ1v) is 7.09. The van der Waals surface area contributed by atoms with Gasteiger partial charge in [0.05, 0.1) is 14.9 Å². The second-order valence-electron chi connectivity index (χ2n) is 4.20. The Morgan fingerprint density at radius 3 is 2.44 bits per heavy atom. The molecule has 2 rings (SSSR count). The summed E-state index contributed by atoms with van der Waals surface area (Å²) in [4.78, 5) is 14.1. The zero-order valence-electron chi connectivity index (χ0n) is 10.1. The van der Waals surface area contributed by atoms with E-state index in [1.54, 1.807) is 23.5 Å². The van der Waals surface area contributed by atoms with Crippen molar-refractivity contribution in [3.05, 3.63) is 55.2 Å². The second-order valence-corrected chi connectivity index (χ2v) is 6.27. The maximum atomic E-state index is 12.1. The van der Waals surface area contributed by atoms with Crippen LogP contribution >= 0.6 is 34.5 Å². The number of hydrogen-bond donors (Lipinski definition) is 0. The van der Waals surface area contributed by atoms with Crippen molar-refractivity contribution >= 4 is 40.3 Å². The molecule has 18 heavy (non-hydrogen) atoms. The molecule has 0 aliphatic rings. The van der Waals surface area contributed by atoms with Gasteiger partial charge in [0, 0.05) is 11.3 Å². The van der Waals surface area contributed by atoms with Crippen LogP contribution in [-0.4, -0.2) is 5.78 Å². The molecule has 0 aliphatic heterocycles. The molecule has 0 aliphatic carbocycles. The van der Waals surface area contributed by atoms with E-state index in [1.165, 1.54) is 4.88 Å². The molecule has 1 aromatic heterocycles. The van der Waals surface area contributed by atoms with Crippen LogP contribution < -0.4 is 0 Å². The number of Topliss-reactive ketones (excluding diaryl/α,β-unsaturated/α-hetero) is 1. The van der Waals surface area contributed by atoms with Crippen molar-refractivity contribution in [2.45, 2.75) is 20.3 Å². The van der Waals surface area contributed by atoms with Gasteiger partial charge in [-0.3, -0.25) is 4.79 Å². The van der Waals surface area contributed by atoms with Crippen LogP contribution in [0.3, 0.4) is 0 Å². The van der Waals surface area contributed by atoms with E-state index in [-0.39, 0.29) is 5.78 Å². The molecule has 1 aromatic carbocycles. The van der Waals surface area contributed by atoms with E-state index in [0.29, 0.717) is 16.5 Å². The van der Waals surface area contributed by atoms with Gasteiger partial charge in [-0.2, -0.15) is 0 Å². The van der Waals surface area contributed by atoms with Gasteiger partial charge in [0.2, 0.25) is 0 Å². The number of hydrogen-bond acceptors (Lipinski definition) is 2. The molecule has 2 aromatic rings. The van der Waals surface area contributed by atoms with Gasteiger partial charge in [-0.15, -0.1) is 11.3 Å². The summed E-state index contributed by atoms with van der Waals surface area (Å²) < 4.78 is 0. The largest absolute Gasteiger partial charge is 0.293 e. The Kier molecular flexibility index (Phi) is 4.10. The fraction of sp³-hybridized carbons (Fsp3) is 0.214. The number of ketones is 1. The number of carbonyl (C=O) groups excluding carboxylic acids is 1. The molecule has 0 radical (unpaired) electrons. The van der Waals surface area contributed by atoms with E-state index in [9.17, 15) is 4.79 Å². The Balaban J connectivity index is 2.18. The van der Waals surface area contributed by atoms with Gasteiger partial charge >= 0.3 is 0 Å². The zero-order valence-corrected chi connectivity index (χ0v) is 12.4. The highest BCUT2D eigenvalue weighted by Gasteiger charge is 2.12. The zero-order chi connectivity index (χ0) is 13.3. The molecule has 0 fully saturated rings. The maximum Gasteiger partial charge on any atom is 0.177 e. The molecule has 4 heteroatoms. The number of rotatable bonds is 3. The van der Waals surface area contributed by atoms with Crippen LogP contribution in [0.25, 0.3) is 0 Å². The maximum absolute atomic E-state index is 12.1. The number of halogens is 2. The molecule has 1 nitrogen and oxygen atoms in total. The predicted molar refractivity (Wildman–Crippen MR) is 78.3 cm³/mol. The molecule has 1 heterocycles. The monoisotopic (exact) mass is 298 g/mol. The van der Waals surface area contributed by atoms with Gasteiger partial charge in [0.1, 0.15) is 0 Å². The van der Waals surface area contributed by atoms with Crippen LogP contribution in [0, 0.1) is 13.8 Å².